The van der Waals surface area contributed by atoms with E-state index in [0.717, 1.165) is 6.54 Å². The van der Waals surface area contributed by atoms with Gasteiger partial charge in [0.1, 0.15) is 0 Å². The van der Waals surface area contributed by atoms with Crippen molar-refractivity contribution in [2.45, 2.75) is 38.9 Å². The van der Waals surface area contributed by atoms with E-state index in [0.29, 0.717) is 17.8 Å². The summed E-state index contributed by atoms with van der Waals surface area (Å²) in [6, 6.07) is 17.1. The molecule has 27 heavy (non-hydrogen) atoms. The molecule has 0 aliphatic carbocycles. The fraction of sp³-hybridized carbons (Fsp3) is 0.364. The molecule has 2 aromatic rings. The standard InChI is InChI=1S/C22H26N4O/c1-17(22(27)25-21-10-6-7-18(13-21)14-23)24-15-19-8-2-3-9-20(19)16-26-11-4-5-12-26/h2-3,6-10,13,17,24H,4-5,11-12,15-16H2,1H3,(H,25,27)/t17-/m0/s1. The Hall–Kier alpha value is -2.68. The maximum atomic E-state index is 12.4. The van der Waals surface area contributed by atoms with Gasteiger partial charge in [-0.3, -0.25) is 9.69 Å². The van der Waals surface area contributed by atoms with Gasteiger partial charge in [-0.05, 0) is 62.2 Å². The Balaban J connectivity index is 1.56. The maximum absolute atomic E-state index is 12.4. The molecule has 0 unspecified atom stereocenters. The Morgan fingerprint density at radius 2 is 1.89 bits per heavy atom. The Morgan fingerprint density at radius 3 is 2.63 bits per heavy atom. The number of hydrogen-bond donors (Lipinski definition) is 2. The van der Waals surface area contributed by atoms with Crippen LogP contribution in [-0.2, 0) is 17.9 Å². The number of rotatable bonds is 7. The summed E-state index contributed by atoms with van der Waals surface area (Å²) in [6.45, 7) is 5.81. The zero-order chi connectivity index (χ0) is 19.1. The van der Waals surface area contributed by atoms with Gasteiger partial charge in [0.15, 0.2) is 0 Å². The van der Waals surface area contributed by atoms with Gasteiger partial charge in [-0.2, -0.15) is 5.26 Å². The lowest BCUT2D eigenvalue weighted by Crippen LogP contribution is -2.37. The number of benzene rings is 2. The molecule has 1 aliphatic rings. The molecule has 2 N–H and O–H groups in total. The van der Waals surface area contributed by atoms with Gasteiger partial charge in [-0.1, -0.05) is 30.3 Å². The molecule has 1 fully saturated rings. The lowest BCUT2D eigenvalue weighted by molar-refractivity contribution is -0.117. The highest BCUT2D eigenvalue weighted by molar-refractivity contribution is 5.94. The molecule has 5 nitrogen and oxygen atoms in total. The molecule has 1 aliphatic heterocycles. The van der Waals surface area contributed by atoms with Crippen molar-refractivity contribution in [2.75, 3.05) is 18.4 Å². The lowest BCUT2D eigenvalue weighted by Gasteiger charge is -2.19. The van der Waals surface area contributed by atoms with Crippen LogP contribution in [0.25, 0.3) is 0 Å². The molecule has 0 saturated carbocycles. The first kappa shape index (κ1) is 19.1. The minimum Gasteiger partial charge on any atom is -0.325 e. The first-order valence-electron chi connectivity index (χ1n) is 9.49. The summed E-state index contributed by atoms with van der Waals surface area (Å²) in [5.41, 5.74) is 3.73. The Kier molecular flexibility index (Phi) is 6.59. The number of likely N-dealkylation sites (tertiary alicyclic amines) is 1. The largest absolute Gasteiger partial charge is 0.325 e. The lowest BCUT2D eigenvalue weighted by atomic mass is 10.1. The summed E-state index contributed by atoms with van der Waals surface area (Å²) in [7, 11) is 0. The summed E-state index contributed by atoms with van der Waals surface area (Å²) in [5, 5.41) is 15.1. The molecule has 0 bridgehead atoms. The Bertz CT molecular complexity index is 821. The first-order valence-corrected chi connectivity index (χ1v) is 9.49. The molecule has 5 heteroatoms. The van der Waals surface area contributed by atoms with Crippen LogP contribution in [0.5, 0.6) is 0 Å². The minimum atomic E-state index is -0.337. The van der Waals surface area contributed by atoms with Crippen molar-refractivity contribution in [3.05, 3.63) is 65.2 Å². The number of hydrogen-bond acceptors (Lipinski definition) is 4. The smallest absolute Gasteiger partial charge is 0.241 e. The molecule has 0 radical (unpaired) electrons. The number of nitrogens with zero attached hydrogens (tertiary/aromatic N) is 2. The second-order valence-corrected chi connectivity index (χ2v) is 7.04. The van der Waals surface area contributed by atoms with E-state index in [9.17, 15) is 4.79 Å². The fourth-order valence-corrected chi connectivity index (χ4v) is 3.34. The predicted octanol–water partition coefficient (Wildman–Crippen LogP) is 3.27. The van der Waals surface area contributed by atoms with Crippen LogP contribution in [0.15, 0.2) is 48.5 Å². The highest BCUT2D eigenvalue weighted by atomic mass is 16.2. The van der Waals surface area contributed by atoms with E-state index in [2.05, 4.69) is 39.8 Å². The molecule has 0 aromatic heterocycles. The predicted molar refractivity (Wildman–Crippen MR) is 107 cm³/mol. The van der Waals surface area contributed by atoms with Crippen LogP contribution < -0.4 is 10.6 Å². The van der Waals surface area contributed by atoms with Crippen molar-refractivity contribution in [1.82, 2.24) is 10.2 Å². The molecule has 1 heterocycles. The van der Waals surface area contributed by atoms with Crippen LogP contribution in [0.3, 0.4) is 0 Å². The summed E-state index contributed by atoms with van der Waals surface area (Å²) in [5.74, 6) is -0.109. The summed E-state index contributed by atoms with van der Waals surface area (Å²) in [6.07, 6.45) is 2.56. The third-order valence-electron chi connectivity index (χ3n) is 4.96. The van der Waals surface area contributed by atoms with Crippen molar-refractivity contribution in [3.63, 3.8) is 0 Å². The van der Waals surface area contributed by atoms with Gasteiger partial charge in [0, 0.05) is 18.8 Å². The molecule has 1 saturated heterocycles. The van der Waals surface area contributed by atoms with Gasteiger partial charge in [-0.15, -0.1) is 0 Å². The van der Waals surface area contributed by atoms with Crippen molar-refractivity contribution >= 4 is 11.6 Å². The van der Waals surface area contributed by atoms with E-state index >= 15 is 0 Å². The monoisotopic (exact) mass is 362 g/mol. The molecule has 1 amide bonds. The van der Waals surface area contributed by atoms with Gasteiger partial charge >= 0.3 is 0 Å². The van der Waals surface area contributed by atoms with Crippen LogP contribution in [0.1, 0.15) is 36.5 Å². The van der Waals surface area contributed by atoms with Crippen LogP contribution in [0, 0.1) is 11.3 Å². The zero-order valence-corrected chi connectivity index (χ0v) is 15.7. The van der Waals surface area contributed by atoms with Crippen LogP contribution in [0.4, 0.5) is 5.69 Å². The minimum absolute atomic E-state index is 0.109. The van der Waals surface area contributed by atoms with E-state index < -0.39 is 0 Å². The van der Waals surface area contributed by atoms with E-state index in [1.807, 2.05) is 13.0 Å². The van der Waals surface area contributed by atoms with Crippen molar-refractivity contribution < 1.29 is 4.79 Å². The van der Waals surface area contributed by atoms with E-state index in [1.54, 1.807) is 24.3 Å². The fourth-order valence-electron chi connectivity index (χ4n) is 3.34. The molecule has 2 aromatic carbocycles. The second-order valence-electron chi connectivity index (χ2n) is 7.04. The highest BCUT2D eigenvalue weighted by Crippen LogP contribution is 2.16. The van der Waals surface area contributed by atoms with Gasteiger partial charge in [0.2, 0.25) is 5.91 Å². The van der Waals surface area contributed by atoms with Gasteiger partial charge in [0.05, 0.1) is 17.7 Å². The topological polar surface area (TPSA) is 68.2 Å². The van der Waals surface area contributed by atoms with Crippen molar-refractivity contribution in [1.29, 1.82) is 5.26 Å². The van der Waals surface area contributed by atoms with E-state index in [-0.39, 0.29) is 11.9 Å². The first-order chi connectivity index (χ1) is 13.2. The molecule has 1 atom stereocenters. The Morgan fingerprint density at radius 1 is 1.15 bits per heavy atom. The van der Waals surface area contributed by atoms with Crippen LogP contribution in [-0.4, -0.2) is 29.9 Å². The summed E-state index contributed by atoms with van der Waals surface area (Å²) < 4.78 is 0. The number of nitrogens with one attached hydrogen (secondary N) is 2. The second kappa shape index (κ2) is 9.31. The quantitative estimate of drug-likeness (QED) is 0.793. The number of carbonyl (C=O) groups excluding carboxylic acids is 1. The Labute approximate surface area is 161 Å². The van der Waals surface area contributed by atoms with E-state index in [4.69, 9.17) is 5.26 Å². The SMILES string of the molecule is C[C@H](NCc1ccccc1CN1CCCC1)C(=O)Nc1cccc(C#N)c1. The average molecular weight is 362 g/mol. The zero-order valence-electron chi connectivity index (χ0n) is 15.7. The third-order valence-corrected chi connectivity index (χ3v) is 4.96. The highest BCUT2D eigenvalue weighted by Gasteiger charge is 2.16. The molecule has 0 spiro atoms. The average Bonchev–Trinajstić information content (AvgIpc) is 3.20. The number of amides is 1. The van der Waals surface area contributed by atoms with Crippen molar-refractivity contribution in [2.24, 2.45) is 0 Å². The van der Waals surface area contributed by atoms with Crippen LogP contribution in [0.2, 0.25) is 0 Å². The van der Waals surface area contributed by atoms with Gasteiger partial charge < -0.3 is 10.6 Å². The normalized spacial score (nSPS) is 15.3. The third kappa shape index (κ3) is 5.40. The van der Waals surface area contributed by atoms with Crippen molar-refractivity contribution in [3.8, 4) is 6.07 Å². The molecular weight excluding hydrogens is 336 g/mol. The number of anilines is 1. The van der Waals surface area contributed by atoms with Gasteiger partial charge in [0.25, 0.3) is 0 Å². The van der Waals surface area contributed by atoms with E-state index in [1.165, 1.54) is 37.1 Å². The number of nitriles is 1. The summed E-state index contributed by atoms with van der Waals surface area (Å²) >= 11 is 0. The molecule has 140 valence electrons. The van der Waals surface area contributed by atoms with Gasteiger partial charge in [-0.25, -0.2) is 0 Å². The maximum Gasteiger partial charge on any atom is 0.241 e. The molecular formula is C22H26N4O. The summed E-state index contributed by atoms with van der Waals surface area (Å²) in [4.78, 5) is 14.9. The molecule has 3 rings (SSSR count). The number of carbonyl (C=O) groups is 1. The van der Waals surface area contributed by atoms with Crippen LogP contribution >= 0.6 is 0 Å².